The highest BCUT2D eigenvalue weighted by Gasteiger charge is 2.13. The number of rotatable bonds is 14. The summed E-state index contributed by atoms with van der Waals surface area (Å²) in [6.45, 7) is 10.2. The van der Waals surface area contributed by atoms with Gasteiger partial charge in [0.1, 0.15) is 11.5 Å². The molecule has 0 aliphatic heterocycles. The van der Waals surface area contributed by atoms with E-state index in [1.807, 2.05) is 50.2 Å². The van der Waals surface area contributed by atoms with Crippen LogP contribution in [-0.2, 0) is 17.6 Å². The van der Waals surface area contributed by atoms with Crippen LogP contribution in [0.1, 0.15) is 66.6 Å². The molecule has 0 bridgehead atoms. The van der Waals surface area contributed by atoms with E-state index in [2.05, 4.69) is 13.5 Å². The SMILES string of the molecule is C=CCC(=O)c1cc(CC)ccc1OCCCC(C)Oc1ccc(CCC(=O)O)c(C)c1. The van der Waals surface area contributed by atoms with Crippen LogP contribution in [0.25, 0.3) is 0 Å². The zero-order chi connectivity index (χ0) is 23.5. The van der Waals surface area contributed by atoms with Gasteiger partial charge in [0.25, 0.3) is 0 Å². The molecule has 0 aromatic heterocycles. The van der Waals surface area contributed by atoms with Gasteiger partial charge in [-0.2, -0.15) is 0 Å². The Morgan fingerprint density at radius 3 is 2.62 bits per heavy atom. The maximum atomic E-state index is 12.4. The lowest BCUT2D eigenvalue weighted by atomic mass is 10.0. The number of ether oxygens (including phenoxy) is 2. The zero-order valence-corrected chi connectivity index (χ0v) is 19.4. The second-order valence-corrected chi connectivity index (χ2v) is 8.00. The molecular formula is C27H34O5. The molecule has 0 aliphatic carbocycles. The molecule has 1 unspecified atom stereocenters. The highest BCUT2D eigenvalue weighted by Crippen LogP contribution is 2.24. The van der Waals surface area contributed by atoms with Crippen LogP contribution >= 0.6 is 0 Å². The lowest BCUT2D eigenvalue weighted by Gasteiger charge is -2.17. The van der Waals surface area contributed by atoms with Crippen molar-refractivity contribution in [3.63, 3.8) is 0 Å². The smallest absolute Gasteiger partial charge is 0.303 e. The maximum absolute atomic E-state index is 12.4. The van der Waals surface area contributed by atoms with E-state index in [0.29, 0.717) is 30.8 Å². The van der Waals surface area contributed by atoms with Crippen LogP contribution in [0.2, 0.25) is 0 Å². The number of ketones is 1. The minimum atomic E-state index is -0.793. The number of carbonyl (C=O) groups is 2. The van der Waals surface area contributed by atoms with Crippen molar-refractivity contribution in [3.8, 4) is 11.5 Å². The number of Topliss-reactive ketones (excluding diaryl/α,β-unsaturated/α-hetero) is 1. The summed E-state index contributed by atoms with van der Waals surface area (Å²) in [4.78, 5) is 23.2. The molecule has 0 spiro atoms. The average molecular weight is 439 g/mol. The number of aliphatic carboxylic acids is 1. The van der Waals surface area contributed by atoms with Gasteiger partial charge in [-0.15, -0.1) is 6.58 Å². The molecule has 1 atom stereocenters. The van der Waals surface area contributed by atoms with E-state index in [9.17, 15) is 9.59 Å². The standard InChI is InChI=1S/C27H34O5/c1-5-8-25(28)24-18-21(6-2)10-14-26(24)31-16-7-9-20(4)32-23-13-11-22(19(3)17-23)12-15-27(29)30/h5,10-11,13-14,17-18,20H,1,6-9,12,15-16H2,2-4H3,(H,29,30). The summed E-state index contributed by atoms with van der Waals surface area (Å²) in [5.74, 6) is 0.626. The van der Waals surface area contributed by atoms with Gasteiger partial charge in [0.15, 0.2) is 5.78 Å². The summed E-state index contributed by atoms with van der Waals surface area (Å²) in [5.41, 5.74) is 3.78. The van der Waals surface area contributed by atoms with Gasteiger partial charge in [-0.05, 0) is 80.5 Å². The molecule has 1 N–H and O–H groups in total. The van der Waals surface area contributed by atoms with Gasteiger partial charge in [0.05, 0.1) is 18.3 Å². The predicted octanol–water partition coefficient (Wildman–Crippen LogP) is 5.96. The largest absolute Gasteiger partial charge is 0.493 e. The summed E-state index contributed by atoms with van der Waals surface area (Å²) in [7, 11) is 0. The van der Waals surface area contributed by atoms with Crippen LogP contribution in [0, 0.1) is 6.92 Å². The van der Waals surface area contributed by atoms with Gasteiger partial charge in [0.2, 0.25) is 0 Å². The van der Waals surface area contributed by atoms with Crippen molar-refractivity contribution >= 4 is 11.8 Å². The normalized spacial score (nSPS) is 11.6. The highest BCUT2D eigenvalue weighted by atomic mass is 16.5. The molecule has 0 amide bonds. The first kappa shape index (κ1) is 25.2. The van der Waals surface area contributed by atoms with Crippen molar-refractivity contribution in [1.29, 1.82) is 0 Å². The van der Waals surface area contributed by atoms with Crippen LogP contribution < -0.4 is 9.47 Å². The Bertz CT molecular complexity index is 932. The Morgan fingerprint density at radius 2 is 1.97 bits per heavy atom. The zero-order valence-electron chi connectivity index (χ0n) is 19.4. The summed E-state index contributed by atoms with van der Waals surface area (Å²) in [6.07, 6.45) is 5.03. The van der Waals surface area contributed by atoms with Gasteiger partial charge in [-0.25, -0.2) is 0 Å². The number of benzene rings is 2. The van der Waals surface area contributed by atoms with Gasteiger partial charge in [-0.3, -0.25) is 9.59 Å². The van der Waals surface area contributed by atoms with Crippen LogP contribution in [0.15, 0.2) is 49.1 Å². The highest BCUT2D eigenvalue weighted by molar-refractivity contribution is 5.99. The molecule has 0 aliphatic rings. The fourth-order valence-corrected chi connectivity index (χ4v) is 3.49. The number of allylic oxidation sites excluding steroid dienone is 1. The predicted molar refractivity (Wildman–Crippen MR) is 127 cm³/mol. The number of carbonyl (C=O) groups excluding carboxylic acids is 1. The van der Waals surface area contributed by atoms with E-state index >= 15 is 0 Å². The summed E-state index contributed by atoms with van der Waals surface area (Å²) in [5, 5.41) is 8.85. The fourth-order valence-electron chi connectivity index (χ4n) is 3.49. The molecule has 32 heavy (non-hydrogen) atoms. The topological polar surface area (TPSA) is 72.8 Å². The van der Waals surface area contributed by atoms with Gasteiger partial charge < -0.3 is 14.6 Å². The average Bonchev–Trinajstić information content (AvgIpc) is 2.76. The van der Waals surface area contributed by atoms with Crippen molar-refractivity contribution in [2.45, 2.75) is 65.4 Å². The van der Waals surface area contributed by atoms with Crippen molar-refractivity contribution in [2.75, 3.05) is 6.61 Å². The number of carboxylic acids is 1. The van der Waals surface area contributed by atoms with Gasteiger partial charge in [-0.1, -0.05) is 25.1 Å². The van der Waals surface area contributed by atoms with Crippen LogP contribution in [0.4, 0.5) is 0 Å². The first-order valence-electron chi connectivity index (χ1n) is 11.2. The Labute approximate surface area is 191 Å². The Morgan fingerprint density at radius 1 is 1.19 bits per heavy atom. The van der Waals surface area contributed by atoms with Crippen LogP contribution in [-0.4, -0.2) is 29.6 Å². The van der Waals surface area contributed by atoms with E-state index in [1.165, 1.54) is 0 Å². The third-order valence-electron chi connectivity index (χ3n) is 5.35. The third-order valence-corrected chi connectivity index (χ3v) is 5.35. The number of carboxylic acid groups (broad SMARTS) is 1. The summed E-state index contributed by atoms with van der Waals surface area (Å²) in [6, 6.07) is 11.6. The van der Waals surface area contributed by atoms with Crippen molar-refractivity contribution in [1.82, 2.24) is 0 Å². The van der Waals surface area contributed by atoms with E-state index in [0.717, 1.165) is 41.7 Å². The van der Waals surface area contributed by atoms with Gasteiger partial charge >= 0.3 is 5.97 Å². The molecule has 2 aromatic rings. The molecule has 5 nitrogen and oxygen atoms in total. The quantitative estimate of drug-likeness (QED) is 0.224. The molecule has 5 heteroatoms. The van der Waals surface area contributed by atoms with Crippen molar-refractivity contribution in [2.24, 2.45) is 0 Å². The maximum Gasteiger partial charge on any atom is 0.303 e. The molecule has 2 aromatic carbocycles. The lowest BCUT2D eigenvalue weighted by molar-refractivity contribution is -0.136. The molecule has 0 saturated carbocycles. The fraction of sp³-hybridized carbons (Fsp3) is 0.407. The lowest BCUT2D eigenvalue weighted by Crippen LogP contribution is -2.14. The first-order chi connectivity index (χ1) is 15.3. The van der Waals surface area contributed by atoms with Gasteiger partial charge in [0, 0.05) is 12.8 Å². The minimum absolute atomic E-state index is 0.00667. The monoisotopic (exact) mass is 438 g/mol. The molecular weight excluding hydrogens is 404 g/mol. The molecule has 0 saturated heterocycles. The Hall–Kier alpha value is -3.08. The molecule has 0 radical (unpaired) electrons. The van der Waals surface area contributed by atoms with Crippen molar-refractivity contribution in [3.05, 3.63) is 71.3 Å². The van der Waals surface area contributed by atoms with Crippen LogP contribution in [0.5, 0.6) is 11.5 Å². The Kier molecular flexibility index (Phi) is 9.99. The second-order valence-electron chi connectivity index (χ2n) is 8.00. The number of hydrogen-bond donors (Lipinski definition) is 1. The molecule has 0 fully saturated rings. The summed E-state index contributed by atoms with van der Waals surface area (Å²) >= 11 is 0. The first-order valence-corrected chi connectivity index (χ1v) is 11.2. The number of hydrogen-bond acceptors (Lipinski definition) is 4. The Balaban J connectivity index is 1.85. The van der Waals surface area contributed by atoms with E-state index < -0.39 is 5.97 Å². The van der Waals surface area contributed by atoms with Crippen molar-refractivity contribution < 1.29 is 24.2 Å². The molecule has 2 rings (SSSR count). The minimum Gasteiger partial charge on any atom is -0.493 e. The van der Waals surface area contributed by atoms with E-state index in [-0.39, 0.29) is 18.3 Å². The number of aryl methyl sites for hydroxylation is 3. The van der Waals surface area contributed by atoms with Crippen LogP contribution in [0.3, 0.4) is 0 Å². The summed E-state index contributed by atoms with van der Waals surface area (Å²) < 4.78 is 11.9. The van der Waals surface area contributed by atoms with E-state index in [4.69, 9.17) is 14.6 Å². The molecule has 0 heterocycles. The second kappa shape index (κ2) is 12.7. The van der Waals surface area contributed by atoms with E-state index in [1.54, 1.807) is 6.08 Å². The molecule has 172 valence electrons. The third kappa shape index (κ3) is 7.88.